The fraction of sp³-hybridized carbons (Fsp3) is 0.750. The molecule has 0 spiro atoms. The summed E-state index contributed by atoms with van der Waals surface area (Å²) >= 11 is 0. The molecule has 0 N–H and O–H groups in total. The minimum absolute atomic E-state index is 1.30. The molecule has 0 heterocycles. The van der Waals surface area contributed by atoms with Crippen LogP contribution >= 0.6 is 0 Å². The van der Waals surface area contributed by atoms with E-state index in [4.69, 9.17) is 0 Å². The second-order valence-electron chi connectivity index (χ2n) is 2.38. The molecular weight excluding hydrogens is 124 g/mol. The monoisotopic (exact) mass is 142 g/mol. The first kappa shape index (κ1) is 8.96. The summed E-state index contributed by atoms with van der Waals surface area (Å²) in [4.78, 5) is 0. The molecule has 0 radical (unpaired) electrons. The molecule has 0 nitrogen and oxygen atoms in total. The second kappa shape index (κ2) is 7.96. The molecule has 0 saturated carbocycles. The lowest BCUT2D eigenvalue weighted by atomic mass is 10.2. The second-order valence-corrected chi connectivity index (χ2v) is 3.19. The van der Waals surface area contributed by atoms with E-state index in [2.05, 4.69) is 19.1 Å². The molecule has 0 bridgehead atoms. The maximum Gasteiger partial charge on any atom is 0.00754 e. The quantitative estimate of drug-likeness (QED) is 0.312. The molecule has 0 aromatic heterocycles. The SMILES string of the molecule is CCCCC/C=C/C[SiH3]. The van der Waals surface area contributed by atoms with E-state index in [1.165, 1.54) is 42.0 Å². The van der Waals surface area contributed by atoms with Crippen molar-refractivity contribution in [2.75, 3.05) is 0 Å². The van der Waals surface area contributed by atoms with E-state index in [1.807, 2.05) is 0 Å². The van der Waals surface area contributed by atoms with Gasteiger partial charge in [0.05, 0.1) is 0 Å². The van der Waals surface area contributed by atoms with Crippen molar-refractivity contribution in [3.05, 3.63) is 12.2 Å². The Kier molecular flexibility index (Phi) is 7.92. The molecule has 0 aromatic rings. The Hall–Kier alpha value is -0.0431. The van der Waals surface area contributed by atoms with Crippen molar-refractivity contribution in [2.45, 2.75) is 38.7 Å². The summed E-state index contributed by atoms with van der Waals surface area (Å²) in [6.45, 7) is 2.25. The summed E-state index contributed by atoms with van der Waals surface area (Å²) in [5.41, 5.74) is 0. The van der Waals surface area contributed by atoms with Gasteiger partial charge in [0.15, 0.2) is 0 Å². The van der Waals surface area contributed by atoms with E-state index in [0.717, 1.165) is 0 Å². The Balaban J connectivity index is 2.82. The molecule has 0 amide bonds. The third kappa shape index (κ3) is 7.96. The topological polar surface area (TPSA) is 0 Å². The average molecular weight is 142 g/mol. The standard InChI is InChI=1S/C8H18Si/c1-2-3-4-5-6-7-8-9/h6-7H,2-5,8H2,1,9H3/b7-6+. The highest BCUT2D eigenvalue weighted by Crippen LogP contribution is 1.99. The molecule has 0 fully saturated rings. The van der Waals surface area contributed by atoms with Crippen LogP contribution in [-0.2, 0) is 0 Å². The van der Waals surface area contributed by atoms with Gasteiger partial charge in [-0.15, -0.1) is 0 Å². The Morgan fingerprint density at radius 1 is 1.22 bits per heavy atom. The minimum atomic E-state index is 1.30. The third-order valence-electron chi connectivity index (χ3n) is 1.38. The van der Waals surface area contributed by atoms with Crippen LogP contribution in [-0.4, -0.2) is 10.2 Å². The number of allylic oxidation sites excluding steroid dienone is 2. The van der Waals surface area contributed by atoms with E-state index < -0.39 is 0 Å². The molecule has 0 rings (SSSR count). The third-order valence-corrected chi connectivity index (χ3v) is 1.85. The van der Waals surface area contributed by atoms with Crippen LogP contribution in [0.3, 0.4) is 0 Å². The van der Waals surface area contributed by atoms with Gasteiger partial charge in [-0.1, -0.05) is 31.9 Å². The lowest BCUT2D eigenvalue weighted by Gasteiger charge is -1.89. The molecule has 0 aliphatic rings. The van der Waals surface area contributed by atoms with Gasteiger partial charge >= 0.3 is 0 Å². The smallest absolute Gasteiger partial charge is 0.00754 e. The van der Waals surface area contributed by atoms with Crippen molar-refractivity contribution in [3.8, 4) is 0 Å². The van der Waals surface area contributed by atoms with Gasteiger partial charge in [0, 0.05) is 10.2 Å². The first-order valence-corrected chi connectivity index (χ1v) is 5.48. The summed E-state index contributed by atoms with van der Waals surface area (Å²) in [7, 11) is 1.32. The van der Waals surface area contributed by atoms with Crippen LogP contribution < -0.4 is 0 Å². The summed E-state index contributed by atoms with van der Waals surface area (Å²) in [6.07, 6.45) is 10.1. The Morgan fingerprint density at radius 3 is 2.56 bits per heavy atom. The maximum atomic E-state index is 2.32. The van der Waals surface area contributed by atoms with Gasteiger partial charge in [-0.05, 0) is 18.9 Å². The van der Waals surface area contributed by atoms with E-state index in [1.54, 1.807) is 0 Å². The van der Waals surface area contributed by atoms with Gasteiger partial charge in [-0.25, -0.2) is 0 Å². The Labute approximate surface area is 61.8 Å². The summed E-state index contributed by atoms with van der Waals surface area (Å²) in [5, 5.41) is 0. The van der Waals surface area contributed by atoms with Gasteiger partial charge in [-0.3, -0.25) is 0 Å². The lowest BCUT2D eigenvalue weighted by Crippen LogP contribution is -1.70. The van der Waals surface area contributed by atoms with Crippen molar-refractivity contribution in [1.82, 2.24) is 0 Å². The molecule has 0 unspecified atom stereocenters. The van der Waals surface area contributed by atoms with Crippen LogP contribution in [0.15, 0.2) is 12.2 Å². The summed E-state index contributed by atoms with van der Waals surface area (Å²) in [5.74, 6) is 0. The minimum Gasteiger partial charge on any atom is -0.0921 e. The largest absolute Gasteiger partial charge is 0.0921 e. The van der Waals surface area contributed by atoms with Gasteiger partial charge in [0.1, 0.15) is 0 Å². The van der Waals surface area contributed by atoms with Gasteiger partial charge in [0.2, 0.25) is 0 Å². The van der Waals surface area contributed by atoms with Gasteiger partial charge in [0.25, 0.3) is 0 Å². The Bertz CT molecular complexity index is 67.0. The molecule has 0 saturated heterocycles. The van der Waals surface area contributed by atoms with Crippen LogP contribution in [0.5, 0.6) is 0 Å². The predicted octanol–water partition coefficient (Wildman–Crippen LogP) is 1.91. The van der Waals surface area contributed by atoms with Crippen LogP contribution in [0.4, 0.5) is 0 Å². The zero-order chi connectivity index (χ0) is 6.95. The molecule has 1 heteroatoms. The highest BCUT2D eigenvalue weighted by Gasteiger charge is 1.79. The number of unbranched alkanes of at least 4 members (excludes halogenated alkanes) is 3. The van der Waals surface area contributed by atoms with E-state index in [-0.39, 0.29) is 0 Å². The fourth-order valence-electron chi connectivity index (χ4n) is 0.797. The highest BCUT2D eigenvalue weighted by atomic mass is 28.1. The lowest BCUT2D eigenvalue weighted by molar-refractivity contribution is 0.729. The van der Waals surface area contributed by atoms with Crippen molar-refractivity contribution in [3.63, 3.8) is 0 Å². The first-order valence-electron chi connectivity index (χ1n) is 4.06. The average Bonchev–Trinajstić information content (AvgIpc) is 1.89. The number of hydrogen-bond donors (Lipinski definition) is 0. The zero-order valence-electron chi connectivity index (χ0n) is 6.69. The molecule has 0 aromatic carbocycles. The van der Waals surface area contributed by atoms with Crippen molar-refractivity contribution in [2.24, 2.45) is 0 Å². The van der Waals surface area contributed by atoms with Crippen LogP contribution in [0, 0.1) is 0 Å². The summed E-state index contributed by atoms with van der Waals surface area (Å²) < 4.78 is 0. The normalized spacial score (nSPS) is 11.2. The maximum absolute atomic E-state index is 2.32. The van der Waals surface area contributed by atoms with E-state index >= 15 is 0 Å². The van der Waals surface area contributed by atoms with Gasteiger partial charge in [-0.2, -0.15) is 0 Å². The number of hydrogen-bond acceptors (Lipinski definition) is 0. The van der Waals surface area contributed by atoms with Gasteiger partial charge < -0.3 is 0 Å². The fourth-order valence-corrected chi connectivity index (χ4v) is 1.13. The van der Waals surface area contributed by atoms with E-state index in [9.17, 15) is 0 Å². The molecule has 0 aliphatic heterocycles. The van der Waals surface area contributed by atoms with E-state index in [0.29, 0.717) is 0 Å². The summed E-state index contributed by atoms with van der Waals surface area (Å²) in [6, 6.07) is 1.33. The number of rotatable bonds is 5. The van der Waals surface area contributed by atoms with Crippen LogP contribution in [0.2, 0.25) is 6.04 Å². The Morgan fingerprint density at radius 2 is 2.00 bits per heavy atom. The predicted molar refractivity (Wildman–Crippen MR) is 48.0 cm³/mol. The molecular formula is C8H18Si. The molecule has 0 aliphatic carbocycles. The molecule has 9 heavy (non-hydrogen) atoms. The van der Waals surface area contributed by atoms with Crippen LogP contribution in [0.25, 0.3) is 0 Å². The highest BCUT2D eigenvalue weighted by molar-refractivity contribution is 6.09. The van der Waals surface area contributed by atoms with Crippen LogP contribution in [0.1, 0.15) is 32.6 Å². The molecule has 0 atom stereocenters. The first-order chi connectivity index (χ1) is 4.41. The van der Waals surface area contributed by atoms with Crippen molar-refractivity contribution in [1.29, 1.82) is 0 Å². The molecule has 54 valence electrons. The van der Waals surface area contributed by atoms with Crippen molar-refractivity contribution < 1.29 is 0 Å². The zero-order valence-corrected chi connectivity index (χ0v) is 8.69. The van der Waals surface area contributed by atoms with Crippen molar-refractivity contribution >= 4 is 10.2 Å².